The number of phenolic OH excluding ortho intramolecular Hbond substituents is 1. The van der Waals surface area contributed by atoms with Gasteiger partial charge >= 0.3 is 5.97 Å². The van der Waals surface area contributed by atoms with Crippen LogP contribution in [0.3, 0.4) is 0 Å². The molecule has 0 aliphatic rings. The summed E-state index contributed by atoms with van der Waals surface area (Å²) in [7, 11) is 1.21. The first kappa shape index (κ1) is 20.1. The predicted octanol–water partition coefficient (Wildman–Crippen LogP) is 4.79. The summed E-state index contributed by atoms with van der Waals surface area (Å²) in [5.41, 5.74) is 1.65. The van der Waals surface area contributed by atoms with Gasteiger partial charge in [-0.05, 0) is 36.4 Å². The number of carbonyl (C=O) groups excluding carboxylic acids is 2. The van der Waals surface area contributed by atoms with Gasteiger partial charge in [0.05, 0.1) is 24.2 Å². The topological polar surface area (TPSA) is 88.5 Å². The molecular formula is C19H14Cl2N2O4S. The van der Waals surface area contributed by atoms with Gasteiger partial charge in [0.1, 0.15) is 16.3 Å². The monoisotopic (exact) mass is 436 g/mol. The standard InChI is InChI=1S/C19H14Cl2N2O4S/c1-27-19(26)14-7-11(3-5-16(14)24)22-17(25)8-12-9-28-18(23-12)13-4-2-10(20)6-15(13)21/h2-7,9,24H,8H2,1H3,(H,22,25). The molecule has 0 unspecified atom stereocenters. The third-order valence-corrected chi connectivity index (χ3v) is 5.21. The molecule has 0 bridgehead atoms. The second kappa shape index (κ2) is 8.60. The average Bonchev–Trinajstić information content (AvgIpc) is 3.10. The second-order valence-corrected chi connectivity index (χ2v) is 7.42. The molecule has 0 aliphatic heterocycles. The molecule has 3 aromatic rings. The molecule has 0 atom stereocenters. The number of halogens is 2. The number of nitrogens with one attached hydrogen (secondary N) is 1. The Morgan fingerprint density at radius 3 is 2.71 bits per heavy atom. The number of ether oxygens (including phenoxy) is 1. The predicted molar refractivity (Wildman–Crippen MR) is 109 cm³/mol. The van der Waals surface area contributed by atoms with Gasteiger partial charge in [0.2, 0.25) is 5.91 Å². The highest BCUT2D eigenvalue weighted by molar-refractivity contribution is 7.13. The van der Waals surface area contributed by atoms with E-state index in [9.17, 15) is 14.7 Å². The third-order valence-electron chi connectivity index (χ3n) is 3.74. The van der Waals surface area contributed by atoms with Crippen molar-refractivity contribution < 1.29 is 19.4 Å². The van der Waals surface area contributed by atoms with Crippen LogP contribution in [0, 0.1) is 0 Å². The number of amides is 1. The second-order valence-electron chi connectivity index (χ2n) is 5.72. The largest absolute Gasteiger partial charge is 0.507 e. The number of benzene rings is 2. The molecule has 0 saturated carbocycles. The molecule has 1 amide bonds. The summed E-state index contributed by atoms with van der Waals surface area (Å²) >= 11 is 13.5. The molecule has 1 aromatic heterocycles. The molecular weight excluding hydrogens is 423 g/mol. The fourth-order valence-corrected chi connectivity index (χ4v) is 3.84. The van der Waals surface area contributed by atoms with Crippen LogP contribution in [0.4, 0.5) is 5.69 Å². The van der Waals surface area contributed by atoms with Gasteiger partial charge in [-0.15, -0.1) is 11.3 Å². The van der Waals surface area contributed by atoms with Crippen LogP contribution in [-0.2, 0) is 16.0 Å². The Balaban J connectivity index is 1.71. The summed E-state index contributed by atoms with van der Waals surface area (Å²) in [5, 5.41) is 15.9. The summed E-state index contributed by atoms with van der Waals surface area (Å²) in [5.74, 6) is -1.24. The van der Waals surface area contributed by atoms with Crippen LogP contribution in [0.1, 0.15) is 16.1 Å². The van der Waals surface area contributed by atoms with Crippen LogP contribution >= 0.6 is 34.5 Å². The van der Waals surface area contributed by atoms with E-state index in [-0.39, 0.29) is 23.6 Å². The molecule has 0 saturated heterocycles. The summed E-state index contributed by atoms with van der Waals surface area (Å²) < 4.78 is 4.60. The lowest BCUT2D eigenvalue weighted by Gasteiger charge is -2.07. The Kier molecular flexibility index (Phi) is 6.18. The van der Waals surface area contributed by atoms with Crippen molar-refractivity contribution in [2.45, 2.75) is 6.42 Å². The van der Waals surface area contributed by atoms with Gasteiger partial charge < -0.3 is 15.2 Å². The molecule has 2 N–H and O–H groups in total. The zero-order chi connectivity index (χ0) is 20.3. The highest BCUT2D eigenvalue weighted by atomic mass is 35.5. The van der Waals surface area contributed by atoms with E-state index in [1.54, 1.807) is 23.6 Å². The van der Waals surface area contributed by atoms with Crippen molar-refractivity contribution in [3.63, 3.8) is 0 Å². The quantitative estimate of drug-likeness (QED) is 0.443. The van der Waals surface area contributed by atoms with Gasteiger partial charge in [-0.2, -0.15) is 0 Å². The number of anilines is 1. The van der Waals surface area contributed by atoms with E-state index >= 15 is 0 Å². The zero-order valence-corrected chi connectivity index (χ0v) is 16.9. The Labute approximate surface area is 174 Å². The van der Waals surface area contributed by atoms with E-state index in [0.29, 0.717) is 26.4 Å². The normalized spacial score (nSPS) is 10.5. The van der Waals surface area contributed by atoms with E-state index in [1.807, 2.05) is 0 Å². The number of nitrogens with zero attached hydrogens (tertiary/aromatic N) is 1. The number of carbonyl (C=O) groups is 2. The number of thiazole rings is 1. The molecule has 144 valence electrons. The van der Waals surface area contributed by atoms with Gasteiger partial charge in [0, 0.05) is 21.7 Å². The Morgan fingerprint density at radius 2 is 2.00 bits per heavy atom. The van der Waals surface area contributed by atoms with Crippen LogP contribution in [0.15, 0.2) is 41.8 Å². The molecule has 6 nitrogen and oxygen atoms in total. The minimum atomic E-state index is -0.697. The maximum absolute atomic E-state index is 12.3. The first-order valence-corrected chi connectivity index (χ1v) is 9.62. The summed E-state index contributed by atoms with van der Waals surface area (Å²) in [6.45, 7) is 0. The van der Waals surface area contributed by atoms with Crippen molar-refractivity contribution in [1.82, 2.24) is 4.98 Å². The van der Waals surface area contributed by atoms with Crippen molar-refractivity contribution in [2.24, 2.45) is 0 Å². The maximum Gasteiger partial charge on any atom is 0.341 e. The van der Waals surface area contributed by atoms with Crippen molar-refractivity contribution in [3.05, 3.63) is 63.1 Å². The number of hydrogen-bond donors (Lipinski definition) is 2. The zero-order valence-electron chi connectivity index (χ0n) is 14.5. The molecule has 0 radical (unpaired) electrons. The van der Waals surface area contributed by atoms with Crippen LogP contribution < -0.4 is 5.32 Å². The Morgan fingerprint density at radius 1 is 1.21 bits per heavy atom. The first-order valence-electron chi connectivity index (χ1n) is 7.98. The minimum absolute atomic E-state index is 0.0337. The molecule has 0 fully saturated rings. The van der Waals surface area contributed by atoms with E-state index in [0.717, 1.165) is 5.56 Å². The van der Waals surface area contributed by atoms with Crippen molar-refractivity contribution in [1.29, 1.82) is 0 Å². The van der Waals surface area contributed by atoms with Crippen molar-refractivity contribution in [3.8, 4) is 16.3 Å². The molecule has 0 spiro atoms. The van der Waals surface area contributed by atoms with Crippen LogP contribution in [0.5, 0.6) is 5.75 Å². The number of methoxy groups -OCH3 is 1. The van der Waals surface area contributed by atoms with Gasteiger partial charge in [-0.25, -0.2) is 9.78 Å². The van der Waals surface area contributed by atoms with E-state index in [4.69, 9.17) is 23.2 Å². The summed E-state index contributed by atoms with van der Waals surface area (Å²) in [4.78, 5) is 28.4. The fraction of sp³-hybridized carbons (Fsp3) is 0.105. The van der Waals surface area contributed by atoms with E-state index in [2.05, 4.69) is 15.0 Å². The number of rotatable bonds is 5. The molecule has 2 aromatic carbocycles. The number of phenols is 1. The molecule has 28 heavy (non-hydrogen) atoms. The van der Waals surface area contributed by atoms with Crippen molar-refractivity contribution >= 4 is 52.1 Å². The van der Waals surface area contributed by atoms with E-state index < -0.39 is 5.97 Å². The summed E-state index contributed by atoms with van der Waals surface area (Å²) in [6, 6.07) is 9.28. The first-order chi connectivity index (χ1) is 13.4. The Bertz CT molecular complexity index is 1050. The Hall–Kier alpha value is -2.61. The lowest BCUT2D eigenvalue weighted by Crippen LogP contribution is -2.15. The smallest absolute Gasteiger partial charge is 0.341 e. The van der Waals surface area contributed by atoms with Crippen LogP contribution in [0.2, 0.25) is 10.0 Å². The minimum Gasteiger partial charge on any atom is -0.507 e. The number of esters is 1. The summed E-state index contributed by atoms with van der Waals surface area (Å²) in [6.07, 6.45) is 0.0378. The molecule has 1 heterocycles. The maximum atomic E-state index is 12.3. The lowest BCUT2D eigenvalue weighted by atomic mass is 10.1. The van der Waals surface area contributed by atoms with E-state index in [1.165, 1.54) is 36.6 Å². The van der Waals surface area contributed by atoms with Crippen LogP contribution in [-0.4, -0.2) is 29.1 Å². The number of aromatic nitrogens is 1. The highest BCUT2D eigenvalue weighted by Gasteiger charge is 2.15. The average molecular weight is 437 g/mol. The van der Waals surface area contributed by atoms with Gasteiger partial charge in [0.15, 0.2) is 0 Å². The van der Waals surface area contributed by atoms with Crippen molar-refractivity contribution in [2.75, 3.05) is 12.4 Å². The number of aromatic hydroxyl groups is 1. The SMILES string of the molecule is COC(=O)c1cc(NC(=O)Cc2csc(-c3ccc(Cl)cc3Cl)n2)ccc1O. The highest BCUT2D eigenvalue weighted by Crippen LogP contribution is 2.32. The third kappa shape index (κ3) is 4.62. The fourth-order valence-electron chi connectivity index (χ4n) is 2.43. The molecule has 9 heteroatoms. The molecule has 3 rings (SSSR count). The molecule has 0 aliphatic carbocycles. The van der Waals surface area contributed by atoms with Gasteiger partial charge in [-0.1, -0.05) is 23.2 Å². The van der Waals surface area contributed by atoms with Gasteiger partial charge in [0.25, 0.3) is 0 Å². The lowest BCUT2D eigenvalue weighted by molar-refractivity contribution is -0.115. The van der Waals surface area contributed by atoms with Crippen LogP contribution in [0.25, 0.3) is 10.6 Å². The van der Waals surface area contributed by atoms with Gasteiger partial charge in [-0.3, -0.25) is 4.79 Å². The number of hydrogen-bond acceptors (Lipinski definition) is 6.